The molecule has 0 aromatic heterocycles. The fourth-order valence-corrected chi connectivity index (χ4v) is 1.47. The molecule has 3 heteroatoms. The van der Waals surface area contributed by atoms with E-state index < -0.39 is 0 Å². The standard InChI is InChI=1S/C10H18N2O/c1-8(2)6-12-10(13)5-9-3-4-11-7-9/h9,11H,1,3-7H2,2H3,(H,12,13). The summed E-state index contributed by atoms with van der Waals surface area (Å²) in [6.07, 6.45) is 1.78. The first-order valence-corrected chi connectivity index (χ1v) is 4.80. The van der Waals surface area contributed by atoms with Crippen molar-refractivity contribution in [3.63, 3.8) is 0 Å². The number of hydrogen-bond acceptors (Lipinski definition) is 2. The minimum Gasteiger partial charge on any atom is -0.352 e. The van der Waals surface area contributed by atoms with E-state index in [0.29, 0.717) is 18.9 Å². The first kappa shape index (κ1) is 10.3. The SMILES string of the molecule is C=C(C)CNC(=O)CC1CCNC1. The first-order valence-electron chi connectivity index (χ1n) is 4.80. The van der Waals surface area contributed by atoms with Gasteiger partial charge in [-0.05, 0) is 32.4 Å². The van der Waals surface area contributed by atoms with Crippen LogP contribution in [0.4, 0.5) is 0 Å². The predicted molar refractivity (Wildman–Crippen MR) is 53.4 cm³/mol. The highest BCUT2D eigenvalue weighted by Crippen LogP contribution is 2.11. The van der Waals surface area contributed by atoms with E-state index in [1.54, 1.807) is 0 Å². The second-order valence-electron chi connectivity index (χ2n) is 3.80. The first-order chi connectivity index (χ1) is 6.18. The molecule has 0 spiro atoms. The van der Waals surface area contributed by atoms with Crippen LogP contribution < -0.4 is 10.6 Å². The van der Waals surface area contributed by atoms with Crippen LogP contribution in [0.2, 0.25) is 0 Å². The molecule has 0 aromatic rings. The Balaban J connectivity index is 2.13. The zero-order valence-corrected chi connectivity index (χ0v) is 8.23. The Bertz CT molecular complexity index is 195. The van der Waals surface area contributed by atoms with Gasteiger partial charge in [-0.25, -0.2) is 0 Å². The summed E-state index contributed by atoms with van der Waals surface area (Å²) < 4.78 is 0. The number of carbonyl (C=O) groups is 1. The van der Waals surface area contributed by atoms with Gasteiger partial charge < -0.3 is 10.6 Å². The normalized spacial score (nSPS) is 21.5. The van der Waals surface area contributed by atoms with Gasteiger partial charge in [0.15, 0.2) is 0 Å². The number of carbonyl (C=O) groups excluding carboxylic acids is 1. The van der Waals surface area contributed by atoms with E-state index in [1.807, 2.05) is 6.92 Å². The lowest BCUT2D eigenvalue weighted by atomic mass is 10.0. The molecular formula is C10H18N2O. The Kier molecular flexibility index (Phi) is 3.96. The van der Waals surface area contributed by atoms with Gasteiger partial charge >= 0.3 is 0 Å². The van der Waals surface area contributed by atoms with Crippen LogP contribution in [-0.4, -0.2) is 25.5 Å². The number of amides is 1. The van der Waals surface area contributed by atoms with Gasteiger partial charge in [0.1, 0.15) is 0 Å². The summed E-state index contributed by atoms with van der Waals surface area (Å²) in [5, 5.41) is 6.09. The molecule has 2 N–H and O–H groups in total. The molecule has 74 valence electrons. The molecule has 13 heavy (non-hydrogen) atoms. The minimum atomic E-state index is 0.150. The Labute approximate surface area is 79.6 Å². The monoisotopic (exact) mass is 182 g/mol. The molecule has 1 unspecified atom stereocenters. The molecule has 1 rings (SSSR count). The molecule has 0 radical (unpaired) electrons. The van der Waals surface area contributed by atoms with Crippen LogP contribution in [0.25, 0.3) is 0 Å². The molecule has 1 aliphatic heterocycles. The zero-order valence-electron chi connectivity index (χ0n) is 8.23. The van der Waals surface area contributed by atoms with E-state index in [4.69, 9.17) is 0 Å². The van der Waals surface area contributed by atoms with E-state index in [0.717, 1.165) is 25.1 Å². The molecular weight excluding hydrogens is 164 g/mol. The number of rotatable bonds is 4. The van der Waals surface area contributed by atoms with Crippen molar-refractivity contribution in [2.45, 2.75) is 19.8 Å². The van der Waals surface area contributed by atoms with Gasteiger partial charge in [-0.15, -0.1) is 0 Å². The lowest BCUT2D eigenvalue weighted by Crippen LogP contribution is -2.27. The third-order valence-corrected chi connectivity index (χ3v) is 2.22. The van der Waals surface area contributed by atoms with Gasteiger partial charge in [0.05, 0.1) is 0 Å². The van der Waals surface area contributed by atoms with Crippen LogP contribution in [-0.2, 0) is 4.79 Å². The quantitative estimate of drug-likeness (QED) is 0.628. The van der Waals surface area contributed by atoms with Crippen molar-refractivity contribution in [1.29, 1.82) is 0 Å². The summed E-state index contributed by atoms with van der Waals surface area (Å²) in [6, 6.07) is 0. The third-order valence-electron chi connectivity index (χ3n) is 2.22. The van der Waals surface area contributed by atoms with Crippen LogP contribution >= 0.6 is 0 Å². The topological polar surface area (TPSA) is 41.1 Å². The smallest absolute Gasteiger partial charge is 0.220 e. The summed E-state index contributed by atoms with van der Waals surface area (Å²) in [5.41, 5.74) is 0.998. The lowest BCUT2D eigenvalue weighted by Gasteiger charge is -2.08. The van der Waals surface area contributed by atoms with Gasteiger partial charge in [0.2, 0.25) is 5.91 Å². The number of hydrogen-bond donors (Lipinski definition) is 2. The summed E-state index contributed by atoms with van der Waals surface area (Å²) in [5.74, 6) is 0.682. The maximum Gasteiger partial charge on any atom is 0.220 e. The van der Waals surface area contributed by atoms with E-state index in [9.17, 15) is 4.79 Å². The number of nitrogens with one attached hydrogen (secondary N) is 2. The van der Waals surface area contributed by atoms with Crippen molar-refractivity contribution in [1.82, 2.24) is 10.6 Å². The van der Waals surface area contributed by atoms with Crippen molar-refractivity contribution in [3.05, 3.63) is 12.2 Å². The lowest BCUT2D eigenvalue weighted by molar-refractivity contribution is -0.121. The largest absolute Gasteiger partial charge is 0.352 e. The van der Waals surface area contributed by atoms with Gasteiger partial charge in [-0.2, -0.15) is 0 Å². The molecule has 1 fully saturated rings. The van der Waals surface area contributed by atoms with Gasteiger partial charge in [-0.1, -0.05) is 12.2 Å². The van der Waals surface area contributed by atoms with Gasteiger partial charge in [-0.3, -0.25) is 4.79 Å². The molecule has 1 heterocycles. The van der Waals surface area contributed by atoms with E-state index >= 15 is 0 Å². The summed E-state index contributed by atoms with van der Waals surface area (Å²) in [7, 11) is 0. The van der Waals surface area contributed by atoms with Crippen molar-refractivity contribution < 1.29 is 4.79 Å². The Morgan fingerprint density at radius 2 is 2.46 bits per heavy atom. The van der Waals surface area contributed by atoms with Crippen molar-refractivity contribution in [3.8, 4) is 0 Å². The summed E-state index contributed by atoms with van der Waals surface area (Å²) >= 11 is 0. The average molecular weight is 182 g/mol. The molecule has 0 aromatic carbocycles. The van der Waals surface area contributed by atoms with Crippen molar-refractivity contribution in [2.24, 2.45) is 5.92 Å². The van der Waals surface area contributed by atoms with Crippen LogP contribution in [0.1, 0.15) is 19.8 Å². The van der Waals surface area contributed by atoms with E-state index in [1.165, 1.54) is 0 Å². The molecule has 0 saturated carbocycles. The summed E-state index contributed by atoms with van der Waals surface area (Å²) in [4.78, 5) is 11.3. The molecule has 0 bridgehead atoms. The predicted octanol–water partition coefficient (Wildman–Crippen LogP) is 0.678. The zero-order chi connectivity index (χ0) is 9.68. The van der Waals surface area contributed by atoms with Crippen molar-refractivity contribution >= 4 is 5.91 Å². The molecule has 0 aliphatic carbocycles. The van der Waals surface area contributed by atoms with Gasteiger partial charge in [0.25, 0.3) is 0 Å². The fraction of sp³-hybridized carbons (Fsp3) is 0.700. The fourth-order valence-electron chi connectivity index (χ4n) is 1.47. The Morgan fingerprint density at radius 1 is 1.69 bits per heavy atom. The Morgan fingerprint density at radius 3 is 3.00 bits per heavy atom. The van der Waals surface area contributed by atoms with Gasteiger partial charge in [0, 0.05) is 13.0 Å². The molecule has 1 atom stereocenters. The third kappa shape index (κ3) is 4.08. The van der Waals surface area contributed by atoms with Crippen LogP contribution in [0.3, 0.4) is 0 Å². The summed E-state index contributed by atoms with van der Waals surface area (Å²) in [6.45, 7) is 8.30. The van der Waals surface area contributed by atoms with Crippen LogP contribution in [0, 0.1) is 5.92 Å². The van der Waals surface area contributed by atoms with Crippen molar-refractivity contribution in [2.75, 3.05) is 19.6 Å². The second kappa shape index (κ2) is 5.02. The molecule has 3 nitrogen and oxygen atoms in total. The van der Waals surface area contributed by atoms with E-state index in [2.05, 4.69) is 17.2 Å². The second-order valence-corrected chi connectivity index (χ2v) is 3.80. The van der Waals surface area contributed by atoms with Crippen LogP contribution in [0.15, 0.2) is 12.2 Å². The molecule has 1 saturated heterocycles. The molecule has 1 amide bonds. The highest BCUT2D eigenvalue weighted by atomic mass is 16.1. The Hall–Kier alpha value is -0.830. The minimum absolute atomic E-state index is 0.150. The maximum absolute atomic E-state index is 11.3. The van der Waals surface area contributed by atoms with Crippen LogP contribution in [0.5, 0.6) is 0 Å². The maximum atomic E-state index is 11.3. The molecule has 1 aliphatic rings. The highest BCUT2D eigenvalue weighted by molar-refractivity contribution is 5.76. The highest BCUT2D eigenvalue weighted by Gasteiger charge is 2.17. The average Bonchev–Trinajstić information content (AvgIpc) is 2.53. The van der Waals surface area contributed by atoms with E-state index in [-0.39, 0.29) is 5.91 Å².